The zero-order chi connectivity index (χ0) is 22.9. The van der Waals surface area contributed by atoms with Crippen molar-refractivity contribution in [3.05, 3.63) is 30.1 Å². The third kappa shape index (κ3) is 10.3. The number of amides is 1. The summed E-state index contributed by atoms with van der Waals surface area (Å²) in [6.07, 6.45) is 4.51. The van der Waals surface area contributed by atoms with E-state index in [4.69, 9.17) is 4.74 Å². The molecule has 1 saturated heterocycles. The molecule has 0 aromatic carbocycles. The van der Waals surface area contributed by atoms with Crippen LogP contribution in [0.5, 0.6) is 0 Å². The first kappa shape index (κ1) is 28.4. The van der Waals surface area contributed by atoms with Crippen molar-refractivity contribution < 1.29 is 9.53 Å². The molecule has 1 fully saturated rings. The van der Waals surface area contributed by atoms with Crippen LogP contribution in [0.1, 0.15) is 52.7 Å². The van der Waals surface area contributed by atoms with Crippen molar-refractivity contribution in [1.29, 1.82) is 0 Å². The highest BCUT2D eigenvalue weighted by molar-refractivity contribution is 14.0. The summed E-state index contributed by atoms with van der Waals surface area (Å²) in [5, 5.41) is 6.92. The van der Waals surface area contributed by atoms with Gasteiger partial charge < -0.3 is 20.3 Å². The Bertz CT molecular complexity index is 702. The molecule has 0 saturated carbocycles. The second kappa shape index (κ2) is 13.8. The molecule has 1 unspecified atom stereocenters. The summed E-state index contributed by atoms with van der Waals surface area (Å²) < 4.78 is 5.44. The number of halogens is 1. The summed E-state index contributed by atoms with van der Waals surface area (Å²) in [6.45, 7) is 11.4. The van der Waals surface area contributed by atoms with Crippen molar-refractivity contribution in [2.45, 2.75) is 71.2 Å². The fraction of sp³-hybridized carbons (Fsp3) is 0.696. The number of aliphatic imine (C=N–C) groups is 1. The number of aromatic nitrogens is 1. The number of guanidine groups is 1. The lowest BCUT2D eigenvalue weighted by Gasteiger charge is -2.33. The number of likely N-dealkylation sites (tertiary alicyclic amines) is 1. The van der Waals surface area contributed by atoms with Gasteiger partial charge in [0.1, 0.15) is 5.60 Å². The van der Waals surface area contributed by atoms with Gasteiger partial charge in [-0.05, 0) is 59.1 Å². The quantitative estimate of drug-likeness (QED) is 0.302. The molecule has 2 heterocycles. The number of hydrogen-bond acceptors (Lipinski definition) is 5. The van der Waals surface area contributed by atoms with E-state index in [1.807, 2.05) is 46.0 Å². The fourth-order valence-corrected chi connectivity index (χ4v) is 3.45. The van der Waals surface area contributed by atoms with Gasteiger partial charge in [-0.25, -0.2) is 4.79 Å². The number of rotatable bonds is 7. The summed E-state index contributed by atoms with van der Waals surface area (Å²) in [6, 6.07) is 6.55. The number of ether oxygens (including phenoxy) is 1. The maximum absolute atomic E-state index is 12.2. The number of nitrogens with one attached hydrogen (secondary N) is 2. The second-order valence-corrected chi connectivity index (χ2v) is 9.24. The van der Waals surface area contributed by atoms with Crippen LogP contribution in [0, 0.1) is 0 Å². The third-order valence-corrected chi connectivity index (χ3v) is 5.46. The van der Waals surface area contributed by atoms with Crippen molar-refractivity contribution in [1.82, 2.24) is 25.4 Å². The Morgan fingerprint density at radius 3 is 2.59 bits per heavy atom. The molecule has 32 heavy (non-hydrogen) atoms. The highest BCUT2D eigenvalue weighted by Crippen LogP contribution is 2.13. The molecule has 2 rings (SSSR count). The van der Waals surface area contributed by atoms with Gasteiger partial charge in [0, 0.05) is 58.6 Å². The van der Waals surface area contributed by atoms with E-state index in [1.165, 1.54) is 0 Å². The number of hydrogen-bond donors (Lipinski definition) is 2. The normalized spacial score (nSPS) is 16.6. The molecule has 1 amide bonds. The van der Waals surface area contributed by atoms with Crippen LogP contribution in [0.15, 0.2) is 29.4 Å². The first-order chi connectivity index (χ1) is 14.7. The zero-order valence-electron chi connectivity index (χ0n) is 20.4. The van der Waals surface area contributed by atoms with Crippen LogP contribution in [-0.4, -0.2) is 78.3 Å². The van der Waals surface area contributed by atoms with Crippen molar-refractivity contribution in [3.63, 3.8) is 0 Å². The van der Waals surface area contributed by atoms with Crippen molar-refractivity contribution in [2.24, 2.45) is 4.99 Å². The lowest BCUT2D eigenvalue weighted by atomic mass is 10.0. The predicted molar refractivity (Wildman–Crippen MR) is 141 cm³/mol. The van der Waals surface area contributed by atoms with Crippen LogP contribution >= 0.6 is 24.0 Å². The minimum Gasteiger partial charge on any atom is -0.444 e. The molecule has 1 atom stereocenters. The maximum atomic E-state index is 12.2. The van der Waals surface area contributed by atoms with Gasteiger partial charge in [-0.2, -0.15) is 0 Å². The monoisotopic (exact) mass is 560 g/mol. The Hall–Kier alpha value is -1.62. The molecular weight excluding hydrogens is 519 g/mol. The van der Waals surface area contributed by atoms with Gasteiger partial charge in [0.25, 0.3) is 0 Å². The number of pyridine rings is 1. The fourth-order valence-electron chi connectivity index (χ4n) is 3.45. The highest BCUT2D eigenvalue weighted by Gasteiger charge is 2.23. The van der Waals surface area contributed by atoms with Crippen LogP contribution in [0.4, 0.5) is 4.79 Å². The van der Waals surface area contributed by atoms with Gasteiger partial charge in [-0.1, -0.05) is 6.07 Å². The minimum atomic E-state index is -0.484. The third-order valence-electron chi connectivity index (χ3n) is 5.46. The predicted octanol–water partition coefficient (Wildman–Crippen LogP) is 3.47. The van der Waals surface area contributed by atoms with E-state index < -0.39 is 5.60 Å². The molecule has 182 valence electrons. The zero-order valence-corrected chi connectivity index (χ0v) is 22.8. The average Bonchev–Trinajstić information content (AvgIpc) is 2.73. The first-order valence-electron chi connectivity index (χ1n) is 11.2. The molecule has 2 N–H and O–H groups in total. The Labute approximate surface area is 210 Å². The topological polar surface area (TPSA) is 82.1 Å². The van der Waals surface area contributed by atoms with E-state index in [0.29, 0.717) is 6.04 Å². The van der Waals surface area contributed by atoms with E-state index in [1.54, 1.807) is 19.0 Å². The van der Waals surface area contributed by atoms with Crippen LogP contribution in [0.2, 0.25) is 0 Å². The summed E-state index contributed by atoms with van der Waals surface area (Å²) >= 11 is 0. The smallest absolute Gasteiger partial charge is 0.410 e. The molecule has 1 aliphatic rings. The Morgan fingerprint density at radius 2 is 2.03 bits per heavy atom. The van der Waals surface area contributed by atoms with E-state index in [9.17, 15) is 4.79 Å². The lowest BCUT2D eigenvalue weighted by Crippen LogP contribution is -2.49. The summed E-state index contributed by atoms with van der Waals surface area (Å²) in [5.74, 6) is 0.815. The lowest BCUT2D eigenvalue weighted by molar-refractivity contribution is 0.0230. The van der Waals surface area contributed by atoms with Gasteiger partial charge in [-0.3, -0.25) is 14.9 Å². The van der Waals surface area contributed by atoms with Crippen molar-refractivity contribution >= 4 is 36.0 Å². The number of carbonyl (C=O) groups excluding carboxylic acids is 1. The molecule has 1 aromatic heterocycles. The van der Waals surface area contributed by atoms with Gasteiger partial charge in [0.15, 0.2) is 5.96 Å². The maximum Gasteiger partial charge on any atom is 0.410 e. The van der Waals surface area contributed by atoms with Crippen LogP contribution in [0.25, 0.3) is 0 Å². The van der Waals surface area contributed by atoms with Crippen molar-refractivity contribution in [3.8, 4) is 0 Å². The number of nitrogens with zero attached hydrogens (tertiary/aromatic N) is 4. The molecule has 0 spiro atoms. The highest BCUT2D eigenvalue weighted by atomic mass is 127. The minimum absolute atomic E-state index is 0. The van der Waals surface area contributed by atoms with Crippen LogP contribution in [-0.2, 0) is 11.3 Å². The summed E-state index contributed by atoms with van der Waals surface area (Å²) in [5.41, 5.74) is 0.638. The molecule has 9 heteroatoms. The number of piperidine rings is 1. The molecule has 0 bridgehead atoms. The van der Waals surface area contributed by atoms with Gasteiger partial charge in [-0.15, -0.1) is 24.0 Å². The van der Waals surface area contributed by atoms with Gasteiger partial charge in [0.2, 0.25) is 0 Å². The average molecular weight is 561 g/mol. The Kier molecular flexibility index (Phi) is 12.3. The Balaban J connectivity index is 0.00000512. The van der Waals surface area contributed by atoms with Crippen LogP contribution < -0.4 is 10.6 Å². The summed E-state index contributed by atoms with van der Waals surface area (Å²) in [7, 11) is 3.58. The SMILES string of the molecule is CN=C(NCCC(C)N(C)C(=O)OC(C)(C)C)NC1CCN(Cc2ccccn2)CC1.I. The molecule has 8 nitrogen and oxygen atoms in total. The van der Waals surface area contributed by atoms with E-state index >= 15 is 0 Å². The molecular formula is C23H41IN6O2. The van der Waals surface area contributed by atoms with Crippen molar-refractivity contribution in [2.75, 3.05) is 33.7 Å². The summed E-state index contributed by atoms with van der Waals surface area (Å²) in [4.78, 5) is 25.1. The second-order valence-electron chi connectivity index (χ2n) is 9.24. The number of carbonyl (C=O) groups is 1. The van der Waals surface area contributed by atoms with Gasteiger partial charge >= 0.3 is 6.09 Å². The molecule has 0 aliphatic carbocycles. The largest absolute Gasteiger partial charge is 0.444 e. The van der Waals surface area contributed by atoms with E-state index in [0.717, 1.165) is 57.1 Å². The standard InChI is InChI=1S/C23H40N6O2.HI/c1-18(28(6)22(30)31-23(2,3)4)10-14-26-21(24-5)27-19-11-15-29(16-12-19)17-20-9-7-8-13-25-20;/h7-9,13,18-19H,10-12,14-17H2,1-6H3,(H2,24,26,27);1H. The molecule has 1 aliphatic heterocycles. The van der Waals surface area contributed by atoms with Gasteiger partial charge in [0.05, 0.1) is 5.69 Å². The molecule has 1 aromatic rings. The molecule has 0 radical (unpaired) electrons. The van der Waals surface area contributed by atoms with Crippen LogP contribution in [0.3, 0.4) is 0 Å². The van der Waals surface area contributed by atoms with E-state index in [-0.39, 0.29) is 36.1 Å². The Morgan fingerprint density at radius 1 is 1.34 bits per heavy atom. The first-order valence-corrected chi connectivity index (χ1v) is 11.2. The van der Waals surface area contributed by atoms with E-state index in [2.05, 4.69) is 31.6 Å².